The molecule has 0 aliphatic carbocycles. The highest BCUT2D eigenvalue weighted by Crippen LogP contribution is 2.32. The van der Waals surface area contributed by atoms with Crippen molar-refractivity contribution in [3.63, 3.8) is 0 Å². The molecule has 0 aliphatic heterocycles. The van der Waals surface area contributed by atoms with Gasteiger partial charge in [0, 0.05) is 41.7 Å². The van der Waals surface area contributed by atoms with Crippen LogP contribution in [0.5, 0.6) is 5.75 Å². The van der Waals surface area contributed by atoms with Crippen LogP contribution in [0.1, 0.15) is 43.0 Å². The highest BCUT2D eigenvalue weighted by molar-refractivity contribution is 5.76. The van der Waals surface area contributed by atoms with Crippen LogP contribution in [0.2, 0.25) is 0 Å². The number of carbonyl (C=O) groups is 1. The second kappa shape index (κ2) is 8.18. The van der Waals surface area contributed by atoms with Crippen LogP contribution in [0, 0.1) is 23.2 Å². The van der Waals surface area contributed by atoms with Gasteiger partial charge in [-0.1, -0.05) is 32.6 Å². The number of nitrogens with zero attached hydrogens (tertiary/aromatic N) is 5. The number of pyridine rings is 1. The number of benzene rings is 1. The van der Waals surface area contributed by atoms with Gasteiger partial charge in [-0.25, -0.2) is 9.31 Å². The van der Waals surface area contributed by atoms with Gasteiger partial charge in [0.05, 0.1) is 29.0 Å². The van der Waals surface area contributed by atoms with Crippen molar-refractivity contribution in [1.29, 1.82) is 5.26 Å². The van der Waals surface area contributed by atoms with E-state index in [1.807, 2.05) is 52.3 Å². The molecule has 1 aromatic carbocycles. The molecule has 0 bridgehead atoms. The Morgan fingerprint density at radius 3 is 2.48 bits per heavy atom. The molecule has 4 aromatic rings. The maximum atomic E-state index is 11.3. The first-order valence-electron chi connectivity index (χ1n) is 10.2. The molecule has 3 heterocycles. The van der Waals surface area contributed by atoms with E-state index in [2.05, 4.69) is 28.1 Å². The molecule has 0 saturated carbocycles. The molecule has 0 unspecified atom stereocenters. The third kappa shape index (κ3) is 4.41. The van der Waals surface area contributed by atoms with Crippen molar-refractivity contribution in [2.24, 2.45) is 12.8 Å². The lowest BCUT2D eigenvalue weighted by Gasteiger charge is -2.22. The van der Waals surface area contributed by atoms with Crippen molar-refractivity contribution in [3.05, 3.63) is 71.3 Å². The van der Waals surface area contributed by atoms with Crippen LogP contribution in [0.15, 0.2) is 49.1 Å². The van der Waals surface area contributed by atoms with E-state index in [0.29, 0.717) is 22.4 Å². The number of aryl methyl sites for hydroxylation is 1. The van der Waals surface area contributed by atoms with Gasteiger partial charge in [0.25, 0.3) is 0 Å². The fourth-order valence-electron chi connectivity index (χ4n) is 3.56. The van der Waals surface area contributed by atoms with E-state index in [1.165, 1.54) is 6.20 Å². The second-order valence-electron chi connectivity index (χ2n) is 8.64. The Morgan fingerprint density at radius 1 is 1.06 bits per heavy atom. The molecule has 0 atom stereocenters. The van der Waals surface area contributed by atoms with Crippen LogP contribution in [0.4, 0.5) is 4.79 Å². The monoisotopic (exact) mass is 438 g/mol. The Balaban J connectivity index is 1.85. The molecule has 0 radical (unpaired) electrons. The van der Waals surface area contributed by atoms with Crippen molar-refractivity contribution < 1.29 is 9.53 Å². The number of nitrogens with two attached hydrogens (primary N) is 1. The third-order valence-electron chi connectivity index (χ3n) is 5.11. The number of primary amides is 1. The number of ether oxygens (including phenoxy) is 1. The minimum absolute atomic E-state index is 0.296. The lowest BCUT2D eigenvalue weighted by Crippen LogP contribution is -2.20. The van der Waals surface area contributed by atoms with Crippen molar-refractivity contribution in [1.82, 2.24) is 19.4 Å². The van der Waals surface area contributed by atoms with Crippen molar-refractivity contribution >= 4 is 11.6 Å². The number of amides is 1. The number of hydrogen-bond donors (Lipinski definition) is 1. The topological polar surface area (TPSA) is 111 Å². The highest BCUT2D eigenvalue weighted by Gasteiger charge is 2.20. The summed E-state index contributed by atoms with van der Waals surface area (Å²) in [6.07, 6.45) is 6.19. The van der Waals surface area contributed by atoms with Crippen LogP contribution < -0.4 is 10.5 Å². The van der Waals surface area contributed by atoms with E-state index in [-0.39, 0.29) is 5.41 Å². The van der Waals surface area contributed by atoms with Crippen molar-refractivity contribution in [2.45, 2.75) is 26.2 Å². The standard InChI is InChI=1S/C25H22N6O2/c1-25(2,3)21-9-16(6-8-22(21)33-24(27)32)5-7-17-10-18(20-13-28-30(4)14-20)15-31-23(17)19(11-26)12-29-31/h6,8-10,12-15H,1-4H3,(H2,27,32). The molecule has 8 heteroatoms. The number of fused-ring (bicyclic) bond motifs is 1. The third-order valence-corrected chi connectivity index (χ3v) is 5.11. The molecule has 0 spiro atoms. The van der Waals surface area contributed by atoms with E-state index in [0.717, 1.165) is 22.3 Å². The van der Waals surface area contributed by atoms with Crippen LogP contribution >= 0.6 is 0 Å². The molecule has 4 rings (SSSR count). The largest absolute Gasteiger partial charge is 0.410 e. The number of rotatable bonds is 2. The van der Waals surface area contributed by atoms with Gasteiger partial charge in [0.15, 0.2) is 0 Å². The first-order chi connectivity index (χ1) is 15.7. The summed E-state index contributed by atoms with van der Waals surface area (Å²) < 4.78 is 8.55. The Kier molecular flexibility index (Phi) is 5.37. The van der Waals surface area contributed by atoms with E-state index < -0.39 is 6.09 Å². The average Bonchev–Trinajstić information content (AvgIpc) is 3.37. The predicted octanol–water partition coefficient (Wildman–Crippen LogP) is 3.76. The lowest BCUT2D eigenvalue weighted by molar-refractivity contribution is 0.210. The molecule has 1 amide bonds. The second-order valence-corrected chi connectivity index (χ2v) is 8.64. The predicted molar refractivity (Wildman–Crippen MR) is 123 cm³/mol. The molecule has 2 N–H and O–H groups in total. The summed E-state index contributed by atoms with van der Waals surface area (Å²) in [5, 5.41) is 18.1. The first kappa shape index (κ1) is 21.7. The summed E-state index contributed by atoms with van der Waals surface area (Å²) in [6.45, 7) is 6.04. The summed E-state index contributed by atoms with van der Waals surface area (Å²) in [7, 11) is 1.85. The molecule has 0 aliphatic rings. The zero-order valence-electron chi connectivity index (χ0n) is 18.7. The minimum Gasteiger partial charge on any atom is -0.410 e. The molecule has 8 nitrogen and oxygen atoms in total. The lowest BCUT2D eigenvalue weighted by atomic mass is 9.85. The molecule has 33 heavy (non-hydrogen) atoms. The highest BCUT2D eigenvalue weighted by atomic mass is 16.5. The quantitative estimate of drug-likeness (QED) is 0.479. The van der Waals surface area contributed by atoms with Gasteiger partial charge >= 0.3 is 6.09 Å². The SMILES string of the molecule is Cn1cc(-c2cc(C#Cc3ccc(OC(N)=O)c(C(C)(C)C)c3)c3c(C#N)cnn3c2)cn1. The van der Waals surface area contributed by atoms with Gasteiger partial charge in [-0.15, -0.1) is 0 Å². The molecule has 0 fully saturated rings. The van der Waals surface area contributed by atoms with E-state index in [1.54, 1.807) is 27.5 Å². The molecule has 3 aromatic heterocycles. The van der Waals surface area contributed by atoms with Crippen molar-refractivity contribution in [2.75, 3.05) is 0 Å². The normalized spacial score (nSPS) is 11.0. The van der Waals surface area contributed by atoms with Gasteiger partial charge in [-0.3, -0.25) is 4.68 Å². The number of aromatic nitrogens is 4. The van der Waals surface area contributed by atoms with Gasteiger partial charge in [-0.2, -0.15) is 15.5 Å². The summed E-state index contributed by atoms with van der Waals surface area (Å²) in [5.74, 6) is 6.78. The molecule has 0 saturated heterocycles. The molecular weight excluding hydrogens is 416 g/mol. The molecule has 164 valence electrons. The average molecular weight is 438 g/mol. The van der Waals surface area contributed by atoms with E-state index in [4.69, 9.17) is 10.5 Å². The smallest absolute Gasteiger partial charge is 0.409 e. The Hall–Kier alpha value is -4.56. The fourth-order valence-corrected chi connectivity index (χ4v) is 3.56. The van der Waals surface area contributed by atoms with E-state index >= 15 is 0 Å². The summed E-state index contributed by atoms with van der Waals surface area (Å²) in [5.41, 5.74) is 10.0. The summed E-state index contributed by atoms with van der Waals surface area (Å²) in [4.78, 5) is 11.3. The zero-order chi connectivity index (χ0) is 23.8. The molecular formula is C25H22N6O2. The van der Waals surface area contributed by atoms with Crippen LogP contribution in [-0.2, 0) is 12.5 Å². The minimum atomic E-state index is -0.862. The maximum Gasteiger partial charge on any atom is 0.409 e. The Morgan fingerprint density at radius 2 is 1.85 bits per heavy atom. The first-order valence-corrected chi connectivity index (χ1v) is 10.2. The van der Waals surface area contributed by atoms with Gasteiger partial charge < -0.3 is 10.5 Å². The van der Waals surface area contributed by atoms with Crippen LogP contribution in [0.25, 0.3) is 16.6 Å². The zero-order valence-corrected chi connectivity index (χ0v) is 18.7. The Bertz CT molecular complexity index is 1490. The van der Waals surface area contributed by atoms with Gasteiger partial charge in [-0.05, 0) is 29.7 Å². The van der Waals surface area contributed by atoms with Crippen LogP contribution in [-0.4, -0.2) is 25.5 Å². The number of carbonyl (C=O) groups excluding carboxylic acids is 1. The number of nitriles is 1. The summed E-state index contributed by atoms with van der Waals surface area (Å²) in [6, 6.07) is 9.45. The number of hydrogen-bond acceptors (Lipinski definition) is 5. The van der Waals surface area contributed by atoms with Gasteiger partial charge in [0.2, 0.25) is 0 Å². The van der Waals surface area contributed by atoms with Crippen LogP contribution in [0.3, 0.4) is 0 Å². The fraction of sp³-hybridized carbons (Fsp3) is 0.200. The van der Waals surface area contributed by atoms with Gasteiger partial charge in [0.1, 0.15) is 11.8 Å². The summed E-state index contributed by atoms with van der Waals surface area (Å²) >= 11 is 0. The maximum absolute atomic E-state index is 11.3. The Labute approximate surface area is 191 Å². The van der Waals surface area contributed by atoms with E-state index in [9.17, 15) is 10.1 Å². The van der Waals surface area contributed by atoms with Crippen molar-refractivity contribution in [3.8, 4) is 34.8 Å².